The summed E-state index contributed by atoms with van der Waals surface area (Å²) in [5.41, 5.74) is -14.5. The zero-order valence-corrected chi connectivity index (χ0v) is 26.0. The number of nitrogens with one attached hydrogen (secondary N) is 2. The van der Waals surface area contributed by atoms with Crippen LogP contribution in [0.2, 0.25) is 0 Å². The fraction of sp³-hybridized carbons (Fsp3) is 0.360. The van der Waals surface area contributed by atoms with Crippen LogP contribution < -0.4 is 19.0 Å². The first-order chi connectivity index (χ1) is 21.3. The molecule has 14 nitrogen and oxygen atoms in total. The molecule has 2 amide bonds. The smallest absolute Gasteiger partial charge is 0.478 e. The van der Waals surface area contributed by atoms with E-state index in [-0.39, 0.29) is 0 Å². The molecule has 0 bridgehead atoms. The normalized spacial score (nSPS) is 12.7. The molecule has 0 aliphatic heterocycles. The van der Waals surface area contributed by atoms with Gasteiger partial charge in [0.25, 0.3) is 11.8 Å². The molecule has 262 valence electrons. The molecule has 47 heavy (non-hydrogen) atoms. The van der Waals surface area contributed by atoms with E-state index >= 15 is 0 Å². The third kappa shape index (κ3) is 10.7. The number of halogens is 6. The van der Waals surface area contributed by atoms with E-state index in [2.05, 4.69) is 19.0 Å². The monoisotopic (exact) mass is 724 g/mol. The van der Waals surface area contributed by atoms with E-state index in [4.69, 9.17) is 10.2 Å². The van der Waals surface area contributed by atoms with Crippen molar-refractivity contribution in [1.29, 1.82) is 0 Å². The van der Waals surface area contributed by atoms with Crippen LogP contribution in [0.25, 0.3) is 0 Å². The Hall–Kier alpha value is -4.60. The summed E-state index contributed by atoms with van der Waals surface area (Å²) in [6, 6.07) is 4.42. The zero-order valence-electron chi connectivity index (χ0n) is 24.4. The third-order valence-electron chi connectivity index (χ3n) is 5.34. The van der Waals surface area contributed by atoms with Gasteiger partial charge in [-0.1, -0.05) is 19.1 Å². The summed E-state index contributed by atoms with van der Waals surface area (Å²) < 4.78 is 127. The van der Waals surface area contributed by atoms with Crippen LogP contribution in [-0.4, -0.2) is 73.9 Å². The number of aromatic carboxylic acids is 2. The standard InChI is InChI=1S/C13H14F3NO6S.C12H12F3NO6S/c1-3-7(2)17-11(18)10-8(12(19)20)5-4-6-9(10)23-24(21,22)13(14,15)16;1-6(2)16-10(17)9-7(11(18)19)4-3-5-8(9)22-23(20,21)12(13,14)15/h4-7H,3H2,1-2H3,(H,17,18)(H,19,20);3-6H,1-2H3,(H,16,17)(H,18,19). The van der Waals surface area contributed by atoms with Crippen molar-refractivity contribution in [3.05, 3.63) is 58.7 Å². The first kappa shape index (κ1) is 40.4. The minimum absolute atomic E-state index is 0.425. The van der Waals surface area contributed by atoms with Crippen molar-refractivity contribution >= 4 is 44.0 Å². The summed E-state index contributed by atoms with van der Waals surface area (Å²) in [5, 5.41) is 22.7. The fourth-order valence-electron chi connectivity index (χ4n) is 3.09. The van der Waals surface area contributed by atoms with Crippen molar-refractivity contribution < 1.29 is 80.9 Å². The van der Waals surface area contributed by atoms with Crippen LogP contribution in [0.3, 0.4) is 0 Å². The lowest BCUT2D eigenvalue weighted by molar-refractivity contribution is -0.0505. The maximum Gasteiger partial charge on any atom is 0.534 e. The SMILES string of the molecule is CC(C)NC(=O)c1c(OS(=O)(=O)C(F)(F)F)cccc1C(=O)O.CCC(C)NC(=O)c1c(OS(=O)(=O)C(F)(F)F)cccc1C(=O)O. The van der Waals surface area contributed by atoms with Gasteiger partial charge in [-0.3, -0.25) is 9.59 Å². The fourth-order valence-corrected chi connectivity index (χ4v) is 4.03. The van der Waals surface area contributed by atoms with Crippen LogP contribution in [0.1, 0.15) is 75.5 Å². The quantitative estimate of drug-likeness (QED) is 0.147. The van der Waals surface area contributed by atoms with Gasteiger partial charge in [-0.25, -0.2) is 9.59 Å². The minimum Gasteiger partial charge on any atom is -0.478 e. The number of benzene rings is 2. The number of hydrogen-bond acceptors (Lipinski definition) is 10. The number of carbonyl (C=O) groups is 4. The highest BCUT2D eigenvalue weighted by Gasteiger charge is 2.50. The van der Waals surface area contributed by atoms with Gasteiger partial charge in [0, 0.05) is 12.1 Å². The number of amides is 2. The number of rotatable bonds is 11. The predicted molar refractivity (Wildman–Crippen MR) is 148 cm³/mol. The molecule has 2 aromatic rings. The molecule has 0 heterocycles. The Balaban J connectivity index is 0.000000470. The van der Waals surface area contributed by atoms with Crippen LogP contribution in [-0.2, 0) is 20.2 Å². The van der Waals surface area contributed by atoms with Crippen molar-refractivity contribution in [2.75, 3.05) is 0 Å². The highest BCUT2D eigenvalue weighted by Crippen LogP contribution is 2.32. The second kappa shape index (κ2) is 15.3. The molecule has 22 heteroatoms. The Morgan fingerprint density at radius 3 is 1.32 bits per heavy atom. The van der Waals surface area contributed by atoms with Gasteiger partial charge in [0.2, 0.25) is 0 Å². The lowest BCUT2D eigenvalue weighted by Crippen LogP contribution is -2.34. The van der Waals surface area contributed by atoms with Gasteiger partial charge in [-0.05, 0) is 51.5 Å². The van der Waals surface area contributed by atoms with Crippen molar-refractivity contribution in [3.8, 4) is 11.5 Å². The van der Waals surface area contributed by atoms with Gasteiger partial charge in [0.05, 0.1) is 22.3 Å². The van der Waals surface area contributed by atoms with E-state index in [9.17, 15) is 62.4 Å². The maximum atomic E-state index is 12.4. The van der Waals surface area contributed by atoms with Gasteiger partial charge in [-0.2, -0.15) is 43.2 Å². The first-order valence-corrected chi connectivity index (χ1v) is 15.4. The summed E-state index contributed by atoms with van der Waals surface area (Å²) >= 11 is 0. The Bertz CT molecular complexity index is 1720. The second-order valence-corrected chi connectivity index (χ2v) is 12.4. The molecule has 1 unspecified atom stereocenters. The van der Waals surface area contributed by atoms with Gasteiger partial charge >= 0.3 is 43.2 Å². The second-order valence-electron chi connectivity index (χ2n) is 9.35. The van der Waals surface area contributed by atoms with Crippen molar-refractivity contribution in [2.45, 2.75) is 57.2 Å². The predicted octanol–water partition coefficient (Wildman–Crippen LogP) is 3.89. The van der Waals surface area contributed by atoms with Crippen LogP contribution in [0.5, 0.6) is 11.5 Å². The molecule has 0 saturated heterocycles. The molecule has 0 saturated carbocycles. The van der Waals surface area contributed by atoms with Crippen molar-refractivity contribution in [1.82, 2.24) is 10.6 Å². The Labute approximate surface area is 262 Å². The molecule has 4 N–H and O–H groups in total. The van der Waals surface area contributed by atoms with Crippen LogP contribution >= 0.6 is 0 Å². The van der Waals surface area contributed by atoms with Crippen molar-refractivity contribution in [3.63, 3.8) is 0 Å². The average Bonchev–Trinajstić information content (AvgIpc) is 2.90. The molecule has 0 aliphatic rings. The molecular formula is C25H26F6N2O12S2. The molecule has 0 fully saturated rings. The minimum atomic E-state index is -6.06. The highest BCUT2D eigenvalue weighted by atomic mass is 32.2. The summed E-state index contributed by atoms with van der Waals surface area (Å²) in [5.74, 6) is -7.44. The molecule has 2 rings (SSSR count). The Morgan fingerprint density at radius 1 is 0.702 bits per heavy atom. The topological polar surface area (TPSA) is 220 Å². The summed E-state index contributed by atoms with van der Waals surface area (Å²) in [6.07, 6.45) is 0.456. The lowest BCUT2D eigenvalue weighted by Gasteiger charge is -2.16. The van der Waals surface area contributed by atoms with E-state index in [1.165, 1.54) is 13.8 Å². The van der Waals surface area contributed by atoms with Gasteiger partial charge in [0.15, 0.2) is 11.5 Å². The molecule has 0 aliphatic carbocycles. The van der Waals surface area contributed by atoms with Gasteiger partial charge in [-0.15, -0.1) is 0 Å². The van der Waals surface area contributed by atoms with E-state index in [1.54, 1.807) is 13.8 Å². The van der Waals surface area contributed by atoms with Crippen LogP contribution in [0, 0.1) is 0 Å². The first-order valence-electron chi connectivity index (χ1n) is 12.6. The van der Waals surface area contributed by atoms with E-state index in [0.717, 1.165) is 36.4 Å². The molecular weight excluding hydrogens is 698 g/mol. The highest BCUT2D eigenvalue weighted by molar-refractivity contribution is 7.88. The third-order valence-corrected chi connectivity index (χ3v) is 7.27. The van der Waals surface area contributed by atoms with E-state index in [1.807, 2.05) is 0 Å². The van der Waals surface area contributed by atoms with E-state index in [0.29, 0.717) is 6.42 Å². The number of alkyl halides is 6. The number of carboxylic acid groups (broad SMARTS) is 2. The Kier molecular flexibility index (Phi) is 13.2. The average molecular weight is 725 g/mol. The number of carboxylic acids is 2. The summed E-state index contributed by atoms with van der Waals surface area (Å²) in [6.45, 7) is 6.33. The summed E-state index contributed by atoms with van der Waals surface area (Å²) in [7, 11) is -12.1. The van der Waals surface area contributed by atoms with Crippen molar-refractivity contribution in [2.24, 2.45) is 0 Å². The van der Waals surface area contributed by atoms with Gasteiger partial charge < -0.3 is 29.2 Å². The van der Waals surface area contributed by atoms with E-state index < -0.39 is 101 Å². The van der Waals surface area contributed by atoms with Gasteiger partial charge in [0.1, 0.15) is 0 Å². The molecule has 0 radical (unpaired) electrons. The van der Waals surface area contributed by atoms with Crippen LogP contribution in [0.4, 0.5) is 26.3 Å². The zero-order chi connectivity index (χ0) is 36.7. The molecule has 0 spiro atoms. The maximum absolute atomic E-state index is 12.4. The number of carbonyl (C=O) groups excluding carboxylic acids is 2. The molecule has 1 atom stereocenters. The lowest BCUT2D eigenvalue weighted by atomic mass is 10.1. The molecule has 0 aromatic heterocycles. The number of hydrogen-bond donors (Lipinski definition) is 4. The summed E-state index contributed by atoms with van der Waals surface area (Å²) in [4.78, 5) is 46.5. The van der Waals surface area contributed by atoms with Crippen LogP contribution in [0.15, 0.2) is 36.4 Å². The largest absolute Gasteiger partial charge is 0.534 e. The molecule has 2 aromatic carbocycles. The Morgan fingerprint density at radius 2 is 1.04 bits per heavy atom.